The molecule has 8 heteroatoms. The molecular weight excluding hydrogens is 505 g/mol. The predicted molar refractivity (Wildman–Crippen MR) is 139 cm³/mol. The lowest BCUT2D eigenvalue weighted by molar-refractivity contribution is -0.0704. The lowest BCUT2D eigenvalue weighted by Crippen LogP contribution is -2.44. The molecular formula is C23H42IN5O2. The van der Waals surface area contributed by atoms with Crippen LogP contribution in [0.15, 0.2) is 29.3 Å². The van der Waals surface area contributed by atoms with Gasteiger partial charge < -0.3 is 25.0 Å². The Morgan fingerprint density at radius 3 is 2.39 bits per heavy atom. The van der Waals surface area contributed by atoms with Gasteiger partial charge in [0, 0.05) is 66.6 Å². The first kappa shape index (κ1) is 28.1. The summed E-state index contributed by atoms with van der Waals surface area (Å²) < 4.78 is 10.9. The minimum absolute atomic E-state index is 0. The molecule has 0 spiro atoms. The zero-order valence-electron chi connectivity index (χ0n) is 19.9. The fourth-order valence-corrected chi connectivity index (χ4v) is 3.80. The summed E-state index contributed by atoms with van der Waals surface area (Å²) in [5.41, 5.74) is 2.60. The van der Waals surface area contributed by atoms with Crippen LogP contribution in [0.5, 0.6) is 0 Å². The zero-order chi connectivity index (χ0) is 21.8. The van der Waals surface area contributed by atoms with Crippen LogP contribution in [-0.4, -0.2) is 88.5 Å². The standard InChI is InChI=1S/C23H41N5O2.HI/c1-19-16-28(17-20(2)30-19)18-22-9-7-21(8-10-22)15-26-23(24-3)25-11-13-27(4)12-6-14-29-5;/h7-10,19-20H,6,11-18H2,1-5H3,(H2,24,25,26);1H. The summed E-state index contributed by atoms with van der Waals surface area (Å²) in [5, 5.41) is 6.78. The van der Waals surface area contributed by atoms with Gasteiger partial charge >= 0.3 is 0 Å². The molecule has 1 aromatic carbocycles. The Kier molecular flexibility index (Phi) is 14.3. The summed E-state index contributed by atoms with van der Waals surface area (Å²) in [7, 11) is 5.69. The Balaban J connectivity index is 0.00000480. The van der Waals surface area contributed by atoms with Crippen LogP contribution in [0.2, 0.25) is 0 Å². The first-order valence-electron chi connectivity index (χ1n) is 11.1. The highest BCUT2D eigenvalue weighted by Gasteiger charge is 2.21. The summed E-state index contributed by atoms with van der Waals surface area (Å²) in [6.07, 6.45) is 1.67. The number of ether oxygens (including phenoxy) is 2. The molecule has 2 rings (SSSR count). The normalized spacial score (nSPS) is 19.9. The maximum Gasteiger partial charge on any atom is 0.191 e. The van der Waals surface area contributed by atoms with Gasteiger partial charge in [-0.05, 0) is 38.4 Å². The number of nitrogens with one attached hydrogen (secondary N) is 2. The van der Waals surface area contributed by atoms with E-state index in [2.05, 4.69) is 70.6 Å². The first-order valence-corrected chi connectivity index (χ1v) is 11.1. The summed E-state index contributed by atoms with van der Waals surface area (Å²) in [6, 6.07) is 8.86. The molecule has 0 bridgehead atoms. The number of rotatable bonds is 11. The Morgan fingerprint density at radius 1 is 1.13 bits per heavy atom. The minimum Gasteiger partial charge on any atom is -0.385 e. The van der Waals surface area contributed by atoms with Gasteiger partial charge in [0.25, 0.3) is 0 Å². The van der Waals surface area contributed by atoms with E-state index < -0.39 is 0 Å². The monoisotopic (exact) mass is 547 g/mol. The van der Waals surface area contributed by atoms with Crippen molar-refractivity contribution in [3.8, 4) is 0 Å². The van der Waals surface area contributed by atoms with Crippen LogP contribution in [0.3, 0.4) is 0 Å². The van der Waals surface area contributed by atoms with Crippen LogP contribution in [0.25, 0.3) is 0 Å². The van der Waals surface area contributed by atoms with Crippen molar-refractivity contribution in [1.29, 1.82) is 0 Å². The Labute approximate surface area is 206 Å². The van der Waals surface area contributed by atoms with Crippen molar-refractivity contribution in [1.82, 2.24) is 20.4 Å². The highest BCUT2D eigenvalue weighted by molar-refractivity contribution is 14.0. The van der Waals surface area contributed by atoms with Gasteiger partial charge in [0.2, 0.25) is 0 Å². The van der Waals surface area contributed by atoms with Crippen molar-refractivity contribution in [2.24, 2.45) is 4.99 Å². The second kappa shape index (κ2) is 15.8. The average Bonchev–Trinajstić information content (AvgIpc) is 2.71. The fraction of sp³-hybridized carbons (Fsp3) is 0.696. The molecule has 1 fully saturated rings. The Morgan fingerprint density at radius 2 is 1.77 bits per heavy atom. The van der Waals surface area contributed by atoms with E-state index in [0.717, 1.165) is 64.8 Å². The van der Waals surface area contributed by atoms with Gasteiger partial charge in [0.15, 0.2) is 5.96 Å². The number of methoxy groups -OCH3 is 1. The summed E-state index contributed by atoms with van der Waals surface area (Å²) in [5.74, 6) is 0.834. The smallest absolute Gasteiger partial charge is 0.191 e. The molecule has 1 aromatic rings. The lowest BCUT2D eigenvalue weighted by atomic mass is 10.1. The van der Waals surface area contributed by atoms with E-state index in [0.29, 0.717) is 12.2 Å². The van der Waals surface area contributed by atoms with Crippen LogP contribution in [0.1, 0.15) is 31.4 Å². The summed E-state index contributed by atoms with van der Waals surface area (Å²) >= 11 is 0. The summed E-state index contributed by atoms with van der Waals surface area (Å²) in [4.78, 5) is 9.10. The lowest BCUT2D eigenvalue weighted by Gasteiger charge is -2.35. The van der Waals surface area contributed by atoms with Crippen LogP contribution in [0.4, 0.5) is 0 Å². The molecule has 0 saturated carbocycles. The van der Waals surface area contributed by atoms with E-state index in [4.69, 9.17) is 9.47 Å². The number of hydrogen-bond donors (Lipinski definition) is 2. The SMILES string of the molecule is CN=C(NCCN(C)CCCOC)NCc1ccc(CN2CC(C)OC(C)C2)cc1.I. The number of nitrogens with zero attached hydrogens (tertiary/aromatic N) is 3. The van der Waals surface area contributed by atoms with Crippen LogP contribution in [-0.2, 0) is 22.6 Å². The van der Waals surface area contributed by atoms with Gasteiger partial charge in [-0.25, -0.2) is 0 Å². The molecule has 1 aliphatic rings. The van der Waals surface area contributed by atoms with Crippen molar-refractivity contribution in [2.45, 2.75) is 45.6 Å². The molecule has 2 unspecified atom stereocenters. The average molecular weight is 548 g/mol. The molecule has 0 amide bonds. The van der Waals surface area contributed by atoms with Crippen molar-refractivity contribution >= 4 is 29.9 Å². The van der Waals surface area contributed by atoms with Crippen LogP contribution in [0, 0.1) is 0 Å². The molecule has 31 heavy (non-hydrogen) atoms. The zero-order valence-corrected chi connectivity index (χ0v) is 22.2. The van der Waals surface area contributed by atoms with E-state index in [1.807, 2.05) is 7.05 Å². The maximum absolute atomic E-state index is 5.83. The third-order valence-electron chi connectivity index (χ3n) is 5.28. The topological polar surface area (TPSA) is 61.4 Å². The van der Waals surface area contributed by atoms with Crippen molar-refractivity contribution in [3.63, 3.8) is 0 Å². The van der Waals surface area contributed by atoms with Crippen LogP contribution < -0.4 is 10.6 Å². The van der Waals surface area contributed by atoms with E-state index in [1.54, 1.807) is 7.11 Å². The molecule has 178 valence electrons. The third kappa shape index (κ3) is 11.5. The second-order valence-electron chi connectivity index (χ2n) is 8.27. The highest BCUT2D eigenvalue weighted by atomic mass is 127. The van der Waals surface area contributed by atoms with Gasteiger partial charge in [0.05, 0.1) is 12.2 Å². The number of likely N-dealkylation sites (N-methyl/N-ethyl adjacent to an activating group) is 1. The molecule has 1 aliphatic heterocycles. The first-order chi connectivity index (χ1) is 14.5. The number of morpholine rings is 1. The second-order valence-corrected chi connectivity index (χ2v) is 8.27. The third-order valence-corrected chi connectivity index (χ3v) is 5.28. The number of halogens is 1. The van der Waals surface area contributed by atoms with E-state index >= 15 is 0 Å². The van der Waals surface area contributed by atoms with Crippen LogP contribution >= 0.6 is 24.0 Å². The quantitative estimate of drug-likeness (QED) is 0.192. The van der Waals surface area contributed by atoms with E-state index in [-0.39, 0.29) is 24.0 Å². The molecule has 0 aromatic heterocycles. The van der Waals surface area contributed by atoms with Crippen molar-refractivity contribution < 1.29 is 9.47 Å². The molecule has 7 nitrogen and oxygen atoms in total. The van der Waals surface area contributed by atoms with E-state index in [1.165, 1.54) is 11.1 Å². The Hall–Kier alpha value is -0.940. The molecule has 0 aliphatic carbocycles. The molecule has 2 N–H and O–H groups in total. The molecule has 0 radical (unpaired) electrons. The predicted octanol–water partition coefficient (Wildman–Crippen LogP) is 2.55. The van der Waals surface area contributed by atoms with Crippen molar-refractivity contribution in [2.75, 3.05) is 60.5 Å². The largest absolute Gasteiger partial charge is 0.385 e. The number of guanidine groups is 1. The molecule has 2 atom stereocenters. The van der Waals surface area contributed by atoms with Gasteiger partial charge in [-0.3, -0.25) is 9.89 Å². The molecule has 1 saturated heterocycles. The van der Waals surface area contributed by atoms with Gasteiger partial charge in [0.1, 0.15) is 0 Å². The van der Waals surface area contributed by atoms with Crippen molar-refractivity contribution in [3.05, 3.63) is 35.4 Å². The molecule has 1 heterocycles. The summed E-state index contributed by atoms with van der Waals surface area (Å²) in [6.45, 7) is 11.7. The Bertz CT molecular complexity index is 619. The highest BCUT2D eigenvalue weighted by Crippen LogP contribution is 2.14. The van der Waals surface area contributed by atoms with Gasteiger partial charge in [-0.2, -0.15) is 0 Å². The number of hydrogen-bond acceptors (Lipinski definition) is 5. The van der Waals surface area contributed by atoms with Gasteiger partial charge in [-0.15, -0.1) is 24.0 Å². The number of benzene rings is 1. The van der Waals surface area contributed by atoms with Gasteiger partial charge in [-0.1, -0.05) is 24.3 Å². The number of aliphatic imine (C=N–C) groups is 1. The minimum atomic E-state index is 0. The fourth-order valence-electron chi connectivity index (χ4n) is 3.80. The maximum atomic E-state index is 5.83. The van der Waals surface area contributed by atoms with E-state index in [9.17, 15) is 0 Å².